The number of nitrogens with two attached hydrogens (primary N) is 1. The summed E-state index contributed by atoms with van der Waals surface area (Å²) in [6.07, 6.45) is 0.0596. The molecule has 6 nitrogen and oxygen atoms in total. The van der Waals surface area contributed by atoms with E-state index in [1.165, 1.54) is 11.8 Å². The van der Waals surface area contributed by atoms with Gasteiger partial charge in [-0.1, -0.05) is 28.1 Å². The standard InChI is InChI=1S/C18H18BrN3O3S/c19-12-5-7-13(8-6-12)26-11-17(24)22-15-4-2-1-3-14(15)18(25)21-10-9-16(20)23/h1-8H,9-11H2,(H2,20,23)(H,21,25)(H,22,24). The molecule has 2 rings (SSSR count). The summed E-state index contributed by atoms with van der Waals surface area (Å²) in [5.41, 5.74) is 5.80. The Morgan fingerprint density at radius 3 is 2.42 bits per heavy atom. The zero-order chi connectivity index (χ0) is 18.9. The average molecular weight is 436 g/mol. The number of carbonyl (C=O) groups excluding carboxylic acids is 3. The minimum atomic E-state index is -0.489. The first-order valence-corrected chi connectivity index (χ1v) is 9.57. The summed E-state index contributed by atoms with van der Waals surface area (Å²) in [6.45, 7) is 0.149. The van der Waals surface area contributed by atoms with Crippen LogP contribution in [0.15, 0.2) is 57.9 Å². The number of hydrogen-bond acceptors (Lipinski definition) is 4. The molecule has 0 spiro atoms. The number of benzene rings is 2. The Labute approximate surface area is 164 Å². The Balaban J connectivity index is 1.93. The maximum absolute atomic E-state index is 12.2. The molecule has 0 heterocycles. The number of anilines is 1. The highest BCUT2D eigenvalue weighted by Gasteiger charge is 2.13. The lowest BCUT2D eigenvalue weighted by atomic mass is 10.1. The van der Waals surface area contributed by atoms with Crippen LogP contribution in [0, 0.1) is 0 Å². The number of carbonyl (C=O) groups is 3. The Morgan fingerprint density at radius 2 is 1.73 bits per heavy atom. The summed E-state index contributed by atoms with van der Waals surface area (Å²) >= 11 is 4.77. The topological polar surface area (TPSA) is 101 Å². The van der Waals surface area contributed by atoms with Crippen LogP contribution in [0.2, 0.25) is 0 Å². The van der Waals surface area contributed by atoms with Crippen molar-refractivity contribution in [2.24, 2.45) is 5.73 Å². The first-order chi connectivity index (χ1) is 12.5. The number of halogens is 1. The number of thioether (sulfide) groups is 1. The van der Waals surface area contributed by atoms with Crippen molar-refractivity contribution in [1.82, 2.24) is 5.32 Å². The molecule has 3 amide bonds. The molecule has 0 radical (unpaired) electrons. The van der Waals surface area contributed by atoms with Crippen molar-refractivity contribution >= 4 is 51.1 Å². The van der Waals surface area contributed by atoms with E-state index in [0.29, 0.717) is 11.3 Å². The number of primary amides is 1. The number of nitrogens with one attached hydrogen (secondary N) is 2. The molecule has 0 bridgehead atoms. The Morgan fingerprint density at radius 1 is 1.04 bits per heavy atom. The van der Waals surface area contributed by atoms with Gasteiger partial charge in [0, 0.05) is 22.3 Å². The van der Waals surface area contributed by atoms with E-state index in [9.17, 15) is 14.4 Å². The van der Waals surface area contributed by atoms with Gasteiger partial charge in [0.25, 0.3) is 5.91 Å². The highest BCUT2D eigenvalue weighted by atomic mass is 79.9. The summed E-state index contributed by atoms with van der Waals surface area (Å²) in [5, 5.41) is 5.36. The van der Waals surface area contributed by atoms with E-state index < -0.39 is 5.91 Å². The predicted molar refractivity (Wildman–Crippen MR) is 106 cm³/mol. The monoisotopic (exact) mass is 435 g/mol. The Hall–Kier alpha value is -2.32. The Bertz CT molecular complexity index is 797. The molecule has 0 aliphatic rings. The minimum Gasteiger partial charge on any atom is -0.370 e. The van der Waals surface area contributed by atoms with Gasteiger partial charge in [-0.2, -0.15) is 0 Å². The lowest BCUT2D eigenvalue weighted by Gasteiger charge is -2.11. The van der Waals surface area contributed by atoms with Gasteiger partial charge in [0.05, 0.1) is 17.0 Å². The molecule has 0 aliphatic carbocycles. The summed E-state index contributed by atoms with van der Waals surface area (Å²) < 4.78 is 0.975. The molecule has 2 aromatic carbocycles. The van der Waals surface area contributed by atoms with Gasteiger partial charge in [-0.3, -0.25) is 14.4 Å². The number of hydrogen-bond donors (Lipinski definition) is 3. The van der Waals surface area contributed by atoms with Gasteiger partial charge in [-0.05, 0) is 36.4 Å². The largest absolute Gasteiger partial charge is 0.370 e. The predicted octanol–water partition coefficient (Wildman–Crippen LogP) is 2.79. The van der Waals surface area contributed by atoms with Gasteiger partial charge >= 0.3 is 0 Å². The van der Waals surface area contributed by atoms with Crippen LogP contribution < -0.4 is 16.4 Å². The fourth-order valence-corrected chi connectivity index (χ4v) is 3.01. The van der Waals surface area contributed by atoms with Crippen LogP contribution in [0.5, 0.6) is 0 Å². The normalized spacial score (nSPS) is 10.2. The quantitative estimate of drug-likeness (QED) is 0.554. The fourth-order valence-electron chi connectivity index (χ4n) is 2.05. The van der Waals surface area contributed by atoms with Crippen molar-refractivity contribution in [3.05, 3.63) is 58.6 Å². The van der Waals surface area contributed by atoms with Crippen LogP contribution in [0.25, 0.3) is 0 Å². The number of rotatable bonds is 8. The van der Waals surface area contributed by atoms with Gasteiger partial charge in [-0.15, -0.1) is 11.8 Å². The summed E-state index contributed by atoms with van der Waals surface area (Å²) in [5.74, 6) is -0.853. The fraction of sp³-hybridized carbons (Fsp3) is 0.167. The molecule has 0 saturated carbocycles. The molecule has 2 aromatic rings. The van der Waals surface area contributed by atoms with Crippen molar-refractivity contribution in [3.63, 3.8) is 0 Å². The molecule has 0 unspecified atom stereocenters. The van der Waals surface area contributed by atoms with Crippen molar-refractivity contribution < 1.29 is 14.4 Å². The number of amides is 3. The lowest BCUT2D eigenvalue weighted by Crippen LogP contribution is -2.29. The molecule has 0 aromatic heterocycles. The third-order valence-electron chi connectivity index (χ3n) is 3.29. The van der Waals surface area contributed by atoms with Crippen molar-refractivity contribution in [1.29, 1.82) is 0 Å². The molecule has 0 saturated heterocycles. The molecule has 136 valence electrons. The summed E-state index contributed by atoms with van der Waals surface area (Å²) in [6, 6.07) is 14.4. The molecular formula is C18H18BrN3O3S. The van der Waals surface area contributed by atoms with Crippen molar-refractivity contribution in [3.8, 4) is 0 Å². The first kappa shape index (κ1) is 20.0. The molecule has 4 N–H and O–H groups in total. The second kappa shape index (κ2) is 9.98. The minimum absolute atomic E-state index is 0.0596. The Kier molecular flexibility index (Phi) is 7.68. The van der Waals surface area contributed by atoms with Gasteiger partial charge < -0.3 is 16.4 Å². The molecule has 0 fully saturated rings. The van der Waals surface area contributed by atoms with Gasteiger partial charge in [0.1, 0.15) is 0 Å². The van der Waals surface area contributed by atoms with Gasteiger partial charge in [0.15, 0.2) is 0 Å². The lowest BCUT2D eigenvalue weighted by molar-refractivity contribution is -0.118. The third kappa shape index (κ3) is 6.53. The van der Waals surface area contributed by atoms with E-state index in [-0.39, 0.29) is 30.5 Å². The van der Waals surface area contributed by atoms with Crippen LogP contribution >= 0.6 is 27.7 Å². The van der Waals surface area contributed by atoms with Crippen LogP contribution in [0.4, 0.5) is 5.69 Å². The van der Waals surface area contributed by atoms with E-state index in [1.807, 2.05) is 24.3 Å². The smallest absolute Gasteiger partial charge is 0.253 e. The van der Waals surface area contributed by atoms with E-state index >= 15 is 0 Å². The molecule has 0 aliphatic heterocycles. The third-order valence-corrected chi connectivity index (χ3v) is 4.83. The molecule has 0 atom stereocenters. The van der Waals surface area contributed by atoms with E-state index in [1.54, 1.807) is 24.3 Å². The molecule has 26 heavy (non-hydrogen) atoms. The first-order valence-electron chi connectivity index (χ1n) is 7.79. The van der Waals surface area contributed by atoms with Gasteiger partial charge in [-0.25, -0.2) is 0 Å². The van der Waals surface area contributed by atoms with Crippen molar-refractivity contribution in [2.75, 3.05) is 17.6 Å². The highest BCUT2D eigenvalue weighted by molar-refractivity contribution is 9.10. The highest BCUT2D eigenvalue weighted by Crippen LogP contribution is 2.21. The second-order valence-electron chi connectivity index (χ2n) is 5.31. The maximum Gasteiger partial charge on any atom is 0.253 e. The van der Waals surface area contributed by atoms with Crippen LogP contribution in [-0.4, -0.2) is 30.0 Å². The number of para-hydroxylation sites is 1. The molecule has 8 heteroatoms. The van der Waals surface area contributed by atoms with E-state index in [0.717, 1.165) is 9.37 Å². The maximum atomic E-state index is 12.2. The van der Waals surface area contributed by atoms with Gasteiger partial charge in [0.2, 0.25) is 11.8 Å². The van der Waals surface area contributed by atoms with E-state index in [2.05, 4.69) is 26.6 Å². The van der Waals surface area contributed by atoms with Crippen molar-refractivity contribution in [2.45, 2.75) is 11.3 Å². The van der Waals surface area contributed by atoms with E-state index in [4.69, 9.17) is 5.73 Å². The van der Waals surface area contributed by atoms with Crippen LogP contribution in [0.3, 0.4) is 0 Å². The molecular weight excluding hydrogens is 418 g/mol. The zero-order valence-electron chi connectivity index (χ0n) is 13.8. The van der Waals surface area contributed by atoms with Crippen LogP contribution in [0.1, 0.15) is 16.8 Å². The zero-order valence-corrected chi connectivity index (χ0v) is 16.2. The summed E-state index contributed by atoms with van der Waals surface area (Å²) in [4.78, 5) is 36.1. The van der Waals surface area contributed by atoms with Crippen LogP contribution in [-0.2, 0) is 9.59 Å². The SMILES string of the molecule is NC(=O)CCNC(=O)c1ccccc1NC(=O)CSc1ccc(Br)cc1. The summed E-state index contributed by atoms with van der Waals surface area (Å²) in [7, 11) is 0. The second-order valence-corrected chi connectivity index (χ2v) is 7.27. The average Bonchev–Trinajstić information content (AvgIpc) is 2.61.